The molecule has 0 saturated carbocycles. The fourth-order valence-electron chi connectivity index (χ4n) is 2.96. The van der Waals surface area contributed by atoms with Crippen LogP contribution in [0.15, 0.2) is 65.7 Å². The number of carbonyl (C=O) groups is 1. The van der Waals surface area contributed by atoms with Crippen LogP contribution in [-0.4, -0.2) is 26.4 Å². The lowest BCUT2D eigenvalue weighted by Gasteiger charge is -2.27. The fraction of sp³-hybridized carbons (Fsp3) is 0.286. The van der Waals surface area contributed by atoms with Crippen LogP contribution in [-0.2, 0) is 17.9 Å². The molecule has 3 aromatic rings. The van der Waals surface area contributed by atoms with E-state index in [9.17, 15) is 9.59 Å². The number of hydrogen-bond donors (Lipinski definition) is 0. The van der Waals surface area contributed by atoms with Crippen molar-refractivity contribution in [2.75, 3.05) is 0 Å². The van der Waals surface area contributed by atoms with Crippen LogP contribution >= 0.6 is 0 Å². The van der Waals surface area contributed by atoms with E-state index >= 15 is 0 Å². The van der Waals surface area contributed by atoms with Crippen LogP contribution in [0.3, 0.4) is 0 Å². The van der Waals surface area contributed by atoms with Gasteiger partial charge in [-0.3, -0.25) is 14.2 Å². The second-order valence-corrected chi connectivity index (χ2v) is 6.61. The van der Waals surface area contributed by atoms with Crippen molar-refractivity contribution in [2.45, 2.75) is 39.4 Å². The largest absolute Gasteiger partial charge is 0.336 e. The van der Waals surface area contributed by atoms with Crippen LogP contribution in [0.5, 0.6) is 0 Å². The number of amides is 1. The maximum absolute atomic E-state index is 12.7. The highest BCUT2D eigenvalue weighted by molar-refractivity contribution is 5.77. The minimum atomic E-state index is -0.109. The van der Waals surface area contributed by atoms with E-state index in [-0.39, 0.29) is 23.9 Å². The summed E-state index contributed by atoms with van der Waals surface area (Å²) in [5.41, 5.74) is 1.66. The zero-order valence-electron chi connectivity index (χ0n) is 15.1. The van der Waals surface area contributed by atoms with Crippen LogP contribution < -0.4 is 5.56 Å². The standard InChI is InChI=1S/C21H23N3O2/c1-16(2)24(14-17-8-4-3-5-9-17)20(25)12-13-23-15-22-19-11-7-6-10-18(19)21(23)26/h3-11,15-16H,12-14H2,1-2H3. The Kier molecular flexibility index (Phi) is 5.46. The molecule has 5 nitrogen and oxygen atoms in total. The van der Waals surface area contributed by atoms with Gasteiger partial charge < -0.3 is 4.90 Å². The van der Waals surface area contributed by atoms with E-state index in [4.69, 9.17) is 0 Å². The third-order valence-electron chi connectivity index (χ3n) is 4.44. The van der Waals surface area contributed by atoms with E-state index in [2.05, 4.69) is 4.98 Å². The Morgan fingerprint density at radius 3 is 2.50 bits per heavy atom. The number of aryl methyl sites for hydroxylation is 1. The number of para-hydroxylation sites is 1. The molecule has 0 aliphatic heterocycles. The van der Waals surface area contributed by atoms with Gasteiger partial charge in [0.05, 0.1) is 17.2 Å². The van der Waals surface area contributed by atoms with Crippen LogP contribution in [0.4, 0.5) is 0 Å². The lowest BCUT2D eigenvalue weighted by Crippen LogP contribution is -2.37. The van der Waals surface area contributed by atoms with Gasteiger partial charge in [-0.15, -0.1) is 0 Å². The summed E-state index contributed by atoms with van der Waals surface area (Å²) in [4.78, 5) is 31.4. The van der Waals surface area contributed by atoms with Gasteiger partial charge >= 0.3 is 0 Å². The molecule has 134 valence electrons. The molecule has 0 radical (unpaired) electrons. The summed E-state index contributed by atoms with van der Waals surface area (Å²) < 4.78 is 1.52. The second kappa shape index (κ2) is 7.95. The van der Waals surface area contributed by atoms with Gasteiger partial charge in [-0.05, 0) is 31.5 Å². The number of carbonyl (C=O) groups excluding carboxylic acids is 1. The van der Waals surface area contributed by atoms with Crippen LogP contribution in [0, 0.1) is 0 Å². The molecule has 0 saturated heterocycles. The summed E-state index contributed by atoms with van der Waals surface area (Å²) in [6, 6.07) is 17.3. The molecule has 0 fully saturated rings. The Morgan fingerprint density at radius 1 is 1.08 bits per heavy atom. The van der Waals surface area contributed by atoms with Crippen molar-refractivity contribution in [1.82, 2.24) is 14.5 Å². The molecule has 0 atom stereocenters. The first-order chi connectivity index (χ1) is 12.6. The van der Waals surface area contributed by atoms with Gasteiger partial charge in [-0.2, -0.15) is 0 Å². The first-order valence-electron chi connectivity index (χ1n) is 8.84. The van der Waals surface area contributed by atoms with E-state index in [0.29, 0.717) is 24.0 Å². The van der Waals surface area contributed by atoms with Gasteiger partial charge in [0.2, 0.25) is 5.91 Å². The molecule has 0 aliphatic rings. The van der Waals surface area contributed by atoms with Crippen LogP contribution in [0.25, 0.3) is 10.9 Å². The topological polar surface area (TPSA) is 55.2 Å². The highest BCUT2D eigenvalue weighted by Crippen LogP contribution is 2.11. The lowest BCUT2D eigenvalue weighted by atomic mass is 10.1. The average Bonchev–Trinajstić information content (AvgIpc) is 2.66. The summed E-state index contributed by atoms with van der Waals surface area (Å²) in [5, 5.41) is 0.576. The Hall–Kier alpha value is -2.95. The minimum Gasteiger partial charge on any atom is -0.336 e. The molecule has 2 aromatic carbocycles. The third-order valence-corrected chi connectivity index (χ3v) is 4.44. The van der Waals surface area contributed by atoms with Crippen molar-refractivity contribution in [3.63, 3.8) is 0 Å². The Bertz CT molecular complexity index is 948. The van der Waals surface area contributed by atoms with Crippen LogP contribution in [0.1, 0.15) is 25.8 Å². The van der Waals surface area contributed by atoms with Crippen molar-refractivity contribution in [3.05, 3.63) is 76.8 Å². The first-order valence-corrected chi connectivity index (χ1v) is 8.84. The number of hydrogen-bond acceptors (Lipinski definition) is 3. The zero-order chi connectivity index (χ0) is 18.5. The second-order valence-electron chi connectivity index (χ2n) is 6.61. The molecule has 1 amide bonds. The van der Waals surface area contributed by atoms with E-state index in [1.807, 2.05) is 67.3 Å². The summed E-state index contributed by atoms with van der Waals surface area (Å²) in [6.45, 7) is 4.91. The molecule has 1 aromatic heterocycles. The quantitative estimate of drug-likeness (QED) is 0.686. The molecule has 0 unspecified atom stereocenters. The number of benzene rings is 2. The molecule has 0 bridgehead atoms. The van der Waals surface area contributed by atoms with Crippen molar-refractivity contribution < 1.29 is 4.79 Å². The van der Waals surface area contributed by atoms with E-state index < -0.39 is 0 Å². The molecule has 26 heavy (non-hydrogen) atoms. The van der Waals surface area contributed by atoms with Gasteiger partial charge in [0.25, 0.3) is 5.56 Å². The first kappa shape index (κ1) is 17.9. The smallest absolute Gasteiger partial charge is 0.261 e. The molecule has 5 heteroatoms. The number of aromatic nitrogens is 2. The zero-order valence-corrected chi connectivity index (χ0v) is 15.1. The molecule has 3 rings (SSSR count). The third kappa shape index (κ3) is 3.99. The van der Waals surface area contributed by atoms with E-state index in [1.165, 1.54) is 10.9 Å². The molecule has 1 heterocycles. The minimum absolute atomic E-state index is 0.0314. The molecule has 0 spiro atoms. The number of fused-ring (bicyclic) bond motifs is 1. The fourth-order valence-corrected chi connectivity index (χ4v) is 2.96. The number of rotatable bonds is 6. The summed E-state index contributed by atoms with van der Waals surface area (Å²) in [5.74, 6) is 0.0314. The molecular formula is C21H23N3O2. The summed E-state index contributed by atoms with van der Waals surface area (Å²) in [7, 11) is 0. The van der Waals surface area contributed by atoms with Crippen molar-refractivity contribution in [2.24, 2.45) is 0 Å². The average molecular weight is 349 g/mol. The van der Waals surface area contributed by atoms with Gasteiger partial charge in [0.15, 0.2) is 0 Å². The normalized spacial score (nSPS) is 11.0. The SMILES string of the molecule is CC(C)N(Cc1ccccc1)C(=O)CCn1cnc2ccccc2c1=O. The summed E-state index contributed by atoms with van der Waals surface area (Å²) in [6.07, 6.45) is 1.79. The number of nitrogens with zero attached hydrogens (tertiary/aromatic N) is 3. The molecule has 0 aliphatic carbocycles. The van der Waals surface area contributed by atoms with Gasteiger partial charge in [0.1, 0.15) is 0 Å². The lowest BCUT2D eigenvalue weighted by molar-refractivity contribution is -0.133. The predicted octanol–water partition coefficient (Wildman–Crippen LogP) is 3.22. The van der Waals surface area contributed by atoms with E-state index in [1.54, 1.807) is 6.07 Å². The van der Waals surface area contributed by atoms with Crippen molar-refractivity contribution in [1.29, 1.82) is 0 Å². The predicted molar refractivity (Wildman–Crippen MR) is 103 cm³/mol. The van der Waals surface area contributed by atoms with E-state index in [0.717, 1.165) is 5.56 Å². The Labute approximate surface area is 152 Å². The van der Waals surface area contributed by atoms with Gasteiger partial charge in [-0.25, -0.2) is 4.98 Å². The van der Waals surface area contributed by atoms with Crippen molar-refractivity contribution in [3.8, 4) is 0 Å². The molecular weight excluding hydrogens is 326 g/mol. The summed E-state index contributed by atoms with van der Waals surface area (Å²) >= 11 is 0. The highest BCUT2D eigenvalue weighted by atomic mass is 16.2. The Morgan fingerprint density at radius 2 is 1.77 bits per heavy atom. The maximum atomic E-state index is 12.7. The monoisotopic (exact) mass is 349 g/mol. The van der Waals surface area contributed by atoms with Gasteiger partial charge in [-0.1, -0.05) is 42.5 Å². The molecule has 0 N–H and O–H groups in total. The maximum Gasteiger partial charge on any atom is 0.261 e. The van der Waals surface area contributed by atoms with Crippen molar-refractivity contribution >= 4 is 16.8 Å². The van der Waals surface area contributed by atoms with Crippen LogP contribution in [0.2, 0.25) is 0 Å². The Balaban J connectivity index is 1.72. The van der Waals surface area contributed by atoms with Gasteiger partial charge in [0, 0.05) is 25.6 Å². The highest BCUT2D eigenvalue weighted by Gasteiger charge is 2.17.